The van der Waals surface area contributed by atoms with Crippen molar-refractivity contribution < 1.29 is 14.3 Å². The van der Waals surface area contributed by atoms with E-state index in [2.05, 4.69) is 20.9 Å². The summed E-state index contributed by atoms with van der Waals surface area (Å²) in [4.78, 5) is 30.2. The minimum Gasteiger partial charge on any atom is -0.497 e. The predicted octanol–water partition coefficient (Wildman–Crippen LogP) is 2.39. The summed E-state index contributed by atoms with van der Waals surface area (Å²) < 4.78 is 5.13. The Morgan fingerprint density at radius 2 is 1.56 bits per heavy atom. The molecule has 9 heteroatoms. The first kappa shape index (κ1) is 27.2. The first-order chi connectivity index (χ1) is 14.9. The number of carbonyl (C=O) groups excluding carboxylic acids is 2. The van der Waals surface area contributed by atoms with Crippen LogP contribution in [-0.4, -0.2) is 57.0 Å². The van der Waals surface area contributed by atoms with Crippen LogP contribution in [0.5, 0.6) is 5.75 Å². The minimum absolute atomic E-state index is 0. The Morgan fingerprint density at radius 1 is 0.938 bits per heavy atom. The van der Waals surface area contributed by atoms with E-state index in [-0.39, 0.29) is 42.3 Å². The third-order valence-electron chi connectivity index (χ3n) is 4.44. The van der Waals surface area contributed by atoms with Gasteiger partial charge in [-0.2, -0.15) is 0 Å². The van der Waals surface area contributed by atoms with Crippen LogP contribution in [0.25, 0.3) is 0 Å². The van der Waals surface area contributed by atoms with Crippen molar-refractivity contribution >= 4 is 41.8 Å². The van der Waals surface area contributed by atoms with Crippen molar-refractivity contribution in [2.24, 2.45) is 4.99 Å². The molecule has 0 heterocycles. The highest BCUT2D eigenvalue weighted by Gasteiger charge is 2.07. The van der Waals surface area contributed by atoms with Gasteiger partial charge in [0.1, 0.15) is 5.75 Å². The molecule has 2 aromatic carbocycles. The van der Waals surface area contributed by atoms with E-state index in [0.29, 0.717) is 31.2 Å². The molecule has 2 aromatic rings. The number of nitrogens with zero attached hydrogens (tertiary/aromatic N) is 2. The van der Waals surface area contributed by atoms with Gasteiger partial charge in [-0.05, 0) is 42.3 Å². The van der Waals surface area contributed by atoms with Crippen LogP contribution in [0, 0.1) is 0 Å². The number of carbonyl (C=O) groups is 2. The second-order valence-electron chi connectivity index (χ2n) is 7.07. The number of nitrogens with one attached hydrogen (secondary N) is 3. The number of halogens is 1. The third-order valence-corrected chi connectivity index (χ3v) is 4.44. The summed E-state index contributed by atoms with van der Waals surface area (Å²) in [5.74, 6) is 1.16. The number of amides is 2. The Labute approximate surface area is 206 Å². The lowest BCUT2D eigenvalue weighted by molar-refractivity contribution is -0.120. The average Bonchev–Trinajstić information content (AvgIpc) is 2.79. The van der Waals surface area contributed by atoms with E-state index >= 15 is 0 Å². The molecule has 0 saturated carbocycles. The maximum Gasteiger partial charge on any atom is 0.253 e. The maximum atomic E-state index is 12.2. The second-order valence-corrected chi connectivity index (χ2v) is 7.07. The highest BCUT2D eigenvalue weighted by molar-refractivity contribution is 14.0. The van der Waals surface area contributed by atoms with Crippen molar-refractivity contribution in [2.45, 2.75) is 20.0 Å². The van der Waals surface area contributed by atoms with Gasteiger partial charge in [-0.1, -0.05) is 24.3 Å². The maximum absolute atomic E-state index is 12.2. The molecule has 3 N–H and O–H groups in total. The first-order valence-electron chi connectivity index (χ1n) is 10.1. The van der Waals surface area contributed by atoms with E-state index in [0.717, 1.165) is 16.9 Å². The van der Waals surface area contributed by atoms with Crippen LogP contribution in [0.4, 0.5) is 0 Å². The van der Waals surface area contributed by atoms with E-state index < -0.39 is 0 Å². The summed E-state index contributed by atoms with van der Waals surface area (Å²) in [6, 6.07) is 14.9. The Balaban J connectivity index is 0.00000512. The van der Waals surface area contributed by atoms with Gasteiger partial charge >= 0.3 is 0 Å². The Kier molecular flexibility index (Phi) is 12.1. The molecule has 174 valence electrons. The number of benzene rings is 2. The van der Waals surface area contributed by atoms with E-state index in [4.69, 9.17) is 4.74 Å². The van der Waals surface area contributed by atoms with E-state index in [1.165, 1.54) is 0 Å². The molecule has 0 bridgehead atoms. The Morgan fingerprint density at radius 3 is 2.12 bits per heavy atom. The zero-order valence-electron chi connectivity index (χ0n) is 19.0. The normalized spacial score (nSPS) is 10.6. The van der Waals surface area contributed by atoms with Crippen molar-refractivity contribution in [1.29, 1.82) is 0 Å². The van der Waals surface area contributed by atoms with Gasteiger partial charge in [0.05, 0.1) is 20.2 Å². The molecule has 0 aliphatic rings. The topological polar surface area (TPSA) is 95.1 Å². The molecule has 0 spiro atoms. The molecule has 0 unspecified atom stereocenters. The van der Waals surface area contributed by atoms with Gasteiger partial charge in [0.25, 0.3) is 5.91 Å². The van der Waals surface area contributed by atoms with Crippen LogP contribution in [-0.2, 0) is 17.9 Å². The molecule has 2 amide bonds. The molecule has 0 radical (unpaired) electrons. The quantitative estimate of drug-likeness (QED) is 0.252. The summed E-state index contributed by atoms with van der Waals surface area (Å²) in [6.45, 7) is 3.62. The summed E-state index contributed by atoms with van der Waals surface area (Å²) in [7, 11) is 5.07. The molecule has 0 atom stereocenters. The summed E-state index contributed by atoms with van der Waals surface area (Å²) in [5.41, 5.74) is 2.60. The number of ether oxygens (including phenoxy) is 1. The van der Waals surface area contributed by atoms with Gasteiger partial charge in [-0.25, -0.2) is 4.99 Å². The molecule has 0 aliphatic carbocycles. The molecular formula is C23H32IN5O3. The van der Waals surface area contributed by atoms with Crippen molar-refractivity contribution in [3.05, 3.63) is 65.2 Å². The van der Waals surface area contributed by atoms with Crippen LogP contribution < -0.4 is 20.7 Å². The van der Waals surface area contributed by atoms with E-state index in [1.807, 2.05) is 43.3 Å². The number of guanidine groups is 1. The molecule has 32 heavy (non-hydrogen) atoms. The Hall–Kier alpha value is -2.82. The van der Waals surface area contributed by atoms with Crippen LogP contribution in [0.3, 0.4) is 0 Å². The van der Waals surface area contributed by atoms with Crippen LogP contribution in [0.15, 0.2) is 53.5 Å². The fourth-order valence-corrected chi connectivity index (χ4v) is 2.69. The number of hydrogen-bond acceptors (Lipinski definition) is 4. The highest BCUT2D eigenvalue weighted by Crippen LogP contribution is 2.11. The van der Waals surface area contributed by atoms with Crippen LogP contribution in [0.1, 0.15) is 28.4 Å². The SMILES string of the molecule is CCNC(=NCc1ccc(C(=O)N(C)C)cc1)NCC(=O)NCc1ccc(OC)cc1.I. The lowest BCUT2D eigenvalue weighted by Crippen LogP contribution is -2.43. The monoisotopic (exact) mass is 553 g/mol. The number of rotatable bonds is 9. The number of hydrogen-bond donors (Lipinski definition) is 3. The summed E-state index contributed by atoms with van der Waals surface area (Å²) in [5, 5.41) is 9.03. The van der Waals surface area contributed by atoms with Crippen molar-refractivity contribution in [3.8, 4) is 5.75 Å². The molecule has 8 nitrogen and oxygen atoms in total. The van der Waals surface area contributed by atoms with Gasteiger partial charge in [0.15, 0.2) is 5.96 Å². The summed E-state index contributed by atoms with van der Waals surface area (Å²) in [6.07, 6.45) is 0. The van der Waals surface area contributed by atoms with Crippen LogP contribution >= 0.6 is 24.0 Å². The fourth-order valence-electron chi connectivity index (χ4n) is 2.69. The van der Waals surface area contributed by atoms with Crippen LogP contribution in [0.2, 0.25) is 0 Å². The molecule has 0 aromatic heterocycles. The molecular weight excluding hydrogens is 521 g/mol. The summed E-state index contributed by atoms with van der Waals surface area (Å²) >= 11 is 0. The molecule has 0 aliphatic heterocycles. The predicted molar refractivity (Wildman–Crippen MR) is 138 cm³/mol. The number of aliphatic imine (C=N–C) groups is 1. The van der Waals surface area contributed by atoms with Gasteiger partial charge < -0.3 is 25.6 Å². The van der Waals surface area contributed by atoms with Crippen molar-refractivity contribution in [3.63, 3.8) is 0 Å². The van der Waals surface area contributed by atoms with Crippen molar-refractivity contribution in [1.82, 2.24) is 20.9 Å². The Bertz CT molecular complexity index is 884. The molecule has 2 rings (SSSR count). The second kappa shape index (κ2) is 14.3. The highest BCUT2D eigenvalue weighted by atomic mass is 127. The standard InChI is InChI=1S/C23H31N5O3.HI/c1-5-24-23(26-15-17-6-10-19(11-7-17)22(30)28(2)3)27-16-21(29)25-14-18-8-12-20(31-4)13-9-18;/h6-13H,5,14-16H2,1-4H3,(H,25,29)(H2,24,26,27);1H. The third kappa shape index (κ3) is 9.13. The number of methoxy groups -OCH3 is 1. The lowest BCUT2D eigenvalue weighted by atomic mass is 10.1. The molecule has 0 fully saturated rings. The average molecular weight is 553 g/mol. The van der Waals surface area contributed by atoms with E-state index in [9.17, 15) is 9.59 Å². The van der Waals surface area contributed by atoms with Crippen molar-refractivity contribution in [2.75, 3.05) is 34.3 Å². The molecule has 0 saturated heterocycles. The lowest BCUT2D eigenvalue weighted by Gasteiger charge is -2.12. The van der Waals surface area contributed by atoms with Gasteiger partial charge in [-0.3, -0.25) is 9.59 Å². The largest absolute Gasteiger partial charge is 0.497 e. The zero-order chi connectivity index (χ0) is 22.6. The zero-order valence-corrected chi connectivity index (χ0v) is 21.3. The van der Waals surface area contributed by atoms with Gasteiger partial charge in [-0.15, -0.1) is 24.0 Å². The van der Waals surface area contributed by atoms with Gasteiger partial charge in [0, 0.05) is 32.7 Å². The minimum atomic E-state index is -0.132. The first-order valence-corrected chi connectivity index (χ1v) is 10.1. The fraction of sp³-hybridized carbons (Fsp3) is 0.348. The van der Waals surface area contributed by atoms with Gasteiger partial charge in [0.2, 0.25) is 5.91 Å². The van der Waals surface area contributed by atoms with E-state index in [1.54, 1.807) is 38.2 Å². The smallest absolute Gasteiger partial charge is 0.253 e.